The molecule has 27 heavy (non-hydrogen) atoms. The molecule has 0 bridgehead atoms. The summed E-state index contributed by atoms with van der Waals surface area (Å²) in [7, 11) is 0. The van der Waals surface area contributed by atoms with E-state index in [9.17, 15) is 4.79 Å². The number of aryl methyl sites for hydroxylation is 1. The van der Waals surface area contributed by atoms with Crippen LogP contribution < -0.4 is 5.32 Å². The molecule has 4 aromatic rings. The summed E-state index contributed by atoms with van der Waals surface area (Å²) in [5.74, 6) is 6.07. The van der Waals surface area contributed by atoms with Gasteiger partial charge in [0.1, 0.15) is 5.69 Å². The van der Waals surface area contributed by atoms with Crippen LogP contribution in [0.3, 0.4) is 0 Å². The van der Waals surface area contributed by atoms with Crippen molar-refractivity contribution in [3.63, 3.8) is 0 Å². The molecule has 0 fully saturated rings. The van der Waals surface area contributed by atoms with Crippen molar-refractivity contribution in [2.75, 3.05) is 5.32 Å². The molecule has 0 radical (unpaired) electrons. The van der Waals surface area contributed by atoms with Crippen LogP contribution in [-0.4, -0.2) is 20.5 Å². The number of aromatic nitrogens is 3. The highest BCUT2D eigenvalue weighted by molar-refractivity contribution is 6.04. The molecule has 2 aromatic heterocycles. The number of nitrogens with one attached hydrogen (secondary N) is 1. The first-order valence-corrected chi connectivity index (χ1v) is 8.48. The number of nitrogens with zero attached hydrogens (tertiary/aromatic N) is 3. The van der Waals surface area contributed by atoms with Crippen molar-refractivity contribution < 1.29 is 4.79 Å². The number of carbonyl (C=O) groups is 1. The van der Waals surface area contributed by atoms with E-state index in [0.29, 0.717) is 11.3 Å². The molecule has 0 aliphatic heterocycles. The smallest absolute Gasteiger partial charge is 0.255 e. The van der Waals surface area contributed by atoms with Gasteiger partial charge in [-0.3, -0.25) is 4.79 Å². The third kappa shape index (κ3) is 3.55. The summed E-state index contributed by atoms with van der Waals surface area (Å²) in [4.78, 5) is 16.8. The second-order valence-corrected chi connectivity index (χ2v) is 6.04. The third-order valence-electron chi connectivity index (χ3n) is 4.13. The Bertz CT molecular complexity index is 1180. The minimum atomic E-state index is -0.166. The highest BCUT2D eigenvalue weighted by Gasteiger charge is 2.08. The summed E-state index contributed by atoms with van der Waals surface area (Å²) in [6, 6.07) is 18.6. The lowest BCUT2D eigenvalue weighted by molar-refractivity contribution is 0.102. The van der Waals surface area contributed by atoms with E-state index in [-0.39, 0.29) is 5.91 Å². The highest BCUT2D eigenvalue weighted by atomic mass is 16.1. The number of benzene rings is 2. The van der Waals surface area contributed by atoms with Crippen LogP contribution in [0, 0.1) is 18.8 Å². The minimum Gasteiger partial charge on any atom is -0.322 e. The molecule has 0 aliphatic carbocycles. The Balaban J connectivity index is 1.63. The Morgan fingerprint density at radius 1 is 1.04 bits per heavy atom. The van der Waals surface area contributed by atoms with Gasteiger partial charge in [0.2, 0.25) is 0 Å². The molecule has 5 nitrogen and oxygen atoms in total. The van der Waals surface area contributed by atoms with Gasteiger partial charge in [-0.1, -0.05) is 30.2 Å². The number of imidazole rings is 1. The van der Waals surface area contributed by atoms with E-state index >= 15 is 0 Å². The van der Waals surface area contributed by atoms with Crippen molar-refractivity contribution in [3.8, 4) is 11.8 Å². The first kappa shape index (κ1) is 16.6. The van der Waals surface area contributed by atoms with E-state index in [1.165, 1.54) is 0 Å². The first-order valence-electron chi connectivity index (χ1n) is 8.48. The molecular formula is C22H16N4O. The predicted molar refractivity (Wildman–Crippen MR) is 105 cm³/mol. The van der Waals surface area contributed by atoms with E-state index in [2.05, 4.69) is 27.2 Å². The predicted octanol–water partition coefficient (Wildman–Crippen LogP) is 3.69. The average Bonchev–Trinajstić information content (AvgIpc) is 3.11. The van der Waals surface area contributed by atoms with E-state index in [1.54, 1.807) is 29.0 Å². The van der Waals surface area contributed by atoms with Gasteiger partial charge in [0.25, 0.3) is 5.91 Å². The lowest BCUT2D eigenvalue weighted by atomic mass is 10.0. The molecule has 0 spiro atoms. The Hall–Kier alpha value is -3.91. The maximum absolute atomic E-state index is 12.5. The van der Waals surface area contributed by atoms with Gasteiger partial charge in [0.05, 0.1) is 6.20 Å². The van der Waals surface area contributed by atoms with Crippen molar-refractivity contribution >= 4 is 17.2 Å². The Morgan fingerprint density at radius 3 is 2.74 bits per heavy atom. The molecule has 4 rings (SSSR count). The number of carbonyl (C=O) groups excluding carboxylic acids is 1. The van der Waals surface area contributed by atoms with Gasteiger partial charge in [-0.2, -0.15) is 5.10 Å². The van der Waals surface area contributed by atoms with E-state index in [1.807, 2.05) is 55.5 Å². The number of hydrogen-bond acceptors (Lipinski definition) is 3. The van der Waals surface area contributed by atoms with Gasteiger partial charge >= 0.3 is 0 Å². The van der Waals surface area contributed by atoms with Gasteiger partial charge < -0.3 is 5.32 Å². The van der Waals surface area contributed by atoms with Crippen LogP contribution in [0.15, 0.2) is 73.1 Å². The topological polar surface area (TPSA) is 59.3 Å². The second-order valence-electron chi connectivity index (χ2n) is 6.04. The zero-order chi connectivity index (χ0) is 18.6. The number of hydrogen-bond donors (Lipinski definition) is 1. The Morgan fingerprint density at radius 2 is 1.89 bits per heavy atom. The summed E-state index contributed by atoms with van der Waals surface area (Å²) in [5.41, 5.74) is 4.55. The van der Waals surface area contributed by atoms with Crippen LogP contribution in [0.2, 0.25) is 0 Å². The first-order chi connectivity index (χ1) is 13.2. The largest absolute Gasteiger partial charge is 0.322 e. The highest BCUT2D eigenvalue weighted by Crippen LogP contribution is 2.13. The SMILES string of the molecule is Cc1ccc(C(=O)Nc2ccccc2)cc1C#Cc1cnc2cccnn12. The van der Waals surface area contributed by atoms with Crippen molar-refractivity contribution in [2.45, 2.75) is 6.92 Å². The summed E-state index contributed by atoms with van der Waals surface area (Å²) >= 11 is 0. The summed E-state index contributed by atoms with van der Waals surface area (Å²) in [6.45, 7) is 1.97. The summed E-state index contributed by atoms with van der Waals surface area (Å²) in [5, 5.41) is 7.14. The quantitative estimate of drug-likeness (QED) is 0.560. The Kier molecular flexibility index (Phi) is 4.38. The molecule has 0 saturated heterocycles. The minimum absolute atomic E-state index is 0.166. The molecule has 1 amide bonds. The number of para-hydroxylation sites is 1. The van der Waals surface area contributed by atoms with Crippen molar-refractivity contribution in [2.24, 2.45) is 0 Å². The van der Waals surface area contributed by atoms with Crippen LogP contribution in [0.5, 0.6) is 0 Å². The van der Waals surface area contributed by atoms with Gasteiger partial charge in [0.15, 0.2) is 5.65 Å². The normalized spacial score (nSPS) is 10.3. The number of anilines is 1. The lowest BCUT2D eigenvalue weighted by Gasteiger charge is -2.06. The van der Waals surface area contributed by atoms with Crippen LogP contribution in [0.25, 0.3) is 5.65 Å². The molecule has 5 heteroatoms. The number of rotatable bonds is 2. The van der Waals surface area contributed by atoms with E-state index in [4.69, 9.17) is 0 Å². The third-order valence-corrected chi connectivity index (χ3v) is 4.13. The van der Waals surface area contributed by atoms with Crippen molar-refractivity contribution in [1.82, 2.24) is 14.6 Å². The fourth-order valence-corrected chi connectivity index (χ4v) is 2.67. The monoisotopic (exact) mass is 352 g/mol. The maximum Gasteiger partial charge on any atom is 0.255 e. The summed E-state index contributed by atoms with van der Waals surface area (Å²) < 4.78 is 1.69. The fraction of sp³-hybridized carbons (Fsp3) is 0.0455. The van der Waals surface area contributed by atoms with Gasteiger partial charge in [-0.25, -0.2) is 9.50 Å². The second kappa shape index (κ2) is 7.14. The molecule has 130 valence electrons. The standard InChI is InChI=1S/C22H16N4O/c1-16-9-10-18(22(27)25-19-6-3-2-4-7-19)14-17(16)11-12-20-15-23-21-8-5-13-24-26(20)21/h2-10,13-15H,1H3,(H,25,27). The zero-order valence-corrected chi connectivity index (χ0v) is 14.7. The molecule has 0 atom stereocenters. The van der Waals surface area contributed by atoms with Crippen LogP contribution in [-0.2, 0) is 0 Å². The van der Waals surface area contributed by atoms with Gasteiger partial charge in [-0.15, -0.1) is 0 Å². The average molecular weight is 352 g/mol. The Labute approximate surface area is 156 Å². The molecular weight excluding hydrogens is 336 g/mol. The van der Waals surface area contributed by atoms with Gasteiger partial charge in [-0.05, 0) is 54.8 Å². The summed E-state index contributed by atoms with van der Waals surface area (Å²) in [6.07, 6.45) is 3.39. The van der Waals surface area contributed by atoms with Crippen molar-refractivity contribution in [3.05, 3.63) is 95.4 Å². The number of fused-ring (bicyclic) bond motifs is 1. The lowest BCUT2D eigenvalue weighted by Crippen LogP contribution is -2.12. The molecule has 2 heterocycles. The maximum atomic E-state index is 12.5. The van der Waals surface area contributed by atoms with E-state index in [0.717, 1.165) is 22.5 Å². The van der Waals surface area contributed by atoms with Crippen molar-refractivity contribution in [1.29, 1.82) is 0 Å². The fourth-order valence-electron chi connectivity index (χ4n) is 2.67. The molecule has 0 unspecified atom stereocenters. The van der Waals surface area contributed by atoms with Crippen LogP contribution >= 0.6 is 0 Å². The van der Waals surface area contributed by atoms with E-state index < -0.39 is 0 Å². The zero-order valence-electron chi connectivity index (χ0n) is 14.7. The number of amides is 1. The van der Waals surface area contributed by atoms with Crippen LogP contribution in [0.4, 0.5) is 5.69 Å². The molecule has 2 aromatic carbocycles. The van der Waals surface area contributed by atoms with Crippen LogP contribution in [0.1, 0.15) is 27.2 Å². The molecule has 0 aliphatic rings. The molecule has 0 saturated carbocycles. The molecule has 1 N–H and O–H groups in total. The van der Waals surface area contributed by atoms with Gasteiger partial charge in [0, 0.05) is 23.0 Å².